The first-order chi connectivity index (χ1) is 9.09. The molecule has 0 spiro atoms. The first kappa shape index (κ1) is 25.8. The summed E-state index contributed by atoms with van der Waals surface area (Å²) in [7, 11) is 0. The minimum absolute atomic E-state index is 0. The van der Waals surface area contributed by atoms with Crippen molar-refractivity contribution < 1.29 is 97.2 Å². The van der Waals surface area contributed by atoms with Gasteiger partial charge < -0.3 is 26.6 Å². The Morgan fingerprint density at radius 1 is 0.818 bits per heavy atom. The van der Waals surface area contributed by atoms with Gasteiger partial charge in [0, 0.05) is 17.1 Å². The smallest absolute Gasteiger partial charge is 1.00 e. The summed E-state index contributed by atoms with van der Waals surface area (Å²) in [6.07, 6.45) is -3.88. The predicted octanol–water partition coefficient (Wildman–Crippen LogP) is -3.72. The van der Waals surface area contributed by atoms with E-state index >= 15 is 0 Å². The Morgan fingerprint density at radius 2 is 1.23 bits per heavy atom. The molecule has 0 aliphatic rings. The van der Waals surface area contributed by atoms with Crippen molar-refractivity contribution in [3.63, 3.8) is 0 Å². The number of hydrogen-bond acceptors (Lipinski definition) is 6. The van der Waals surface area contributed by atoms with E-state index in [1.54, 1.807) is 0 Å². The number of carbonyl (C=O) groups is 5. The Bertz CT molecular complexity index is 439. The van der Waals surface area contributed by atoms with Crippen molar-refractivity contribution in [2.24, 2.45) is 0 Å². The monoisotopic (exact) mass is 372 g/mol. The van der Waals surface area contributed by atoms with Crippen molar-refractivity contribution >= 4 is 29.8 Å². The summed E-state index contributed by atoms with van der Waals surface area (Å²) in [5, 5.41) is 34.5. The van der Waals surface area contributed by atoms with Crippen LogP contribution in [0.2, 0.25) is 0 Å². The van der Waals surface area contributed by atoms with E-state index in [9.17, 15) is 24.0 Å². The molecular formula is C10H13FeNaO10. The SMILES string of the molecule is O=C(O)CCC(=O)OC(CC(=O)O)(CC(=O)O)C(=O)O.[Fe].[H-].[Na+]. The summed E-state index contributed by atoms with van der Waals surface area (Å²) >= 11 is 0. The van der Waals surface area contributed by atoms with Gasteiger partial charge in [0.05, 0.1) is 25.7 Å². The molecule has 0 saturated heterocycles. The maximum absolute atomic E-state index is 11.3. The van der Waals surface area contributed by atoms with Crippen LogP contribution in [0, 0.1) is 0 Å². The van der Waals surface area contributed by atoms with Gasteiger partial charge in [-0.15, -0.1) is 0 Å². The van der Waals surface area contributed by atoms with Gasteiger partial charge in [0.1, 0.15) is 0 Å². The van der Waals surface area contributed by atoms with Crippen LogP contribution in [0.1, 0.15) is 27.1 Å². The largest absolute Gasteiger partial charge is 1.00 e. The van der Waals surface area contributed by atoms with Gasteiger partial charge in [0.15, 0.2) is 0 Å². The van der Waals surface area contributed by atoms with Gasteiger partial charge in [-0.3, -0.25) is 19.2 Å². The zero-order valence-corrected chi connectivity index (χ0v) is 14.5. The van der Waals surface area contributed by atoms with Gasteiger partial charge >= 0.3 is 59.4 Å². The second-order valence-electron chi connectivity index (χ2n) is 3.81. The van der Waals surface area contributed by atoms with Crippen molar-refractivity contribution in [1.29, 1.82) is 0 Å². The Hall–Kier alpha value is -1.13. The van der Waals surface area contributed by atoms with Crippen LogP contribution in [-0.4, -0.2) is 55.9 Å². The molecule has 0 aromatic carbocycles. The second-order valence-corrected chi connectivity index (χ2v) is 3.81. The van der Waals surface area contributed by atoms with Gasteiger partial charge in [-0.1, -0.05) is 0 Å². The Morgan fingerprint density at radius 3 is 1.50 bits per heavy atom. The van der Waals surface area contributed by atoms with Crippen LogP contribution in [0.3, 0.4) is 0 Å². The summed E-state index contributed by atoms with van der Waals surface area (Å²) in [4.78, 5) is 53.8. The summed E-state index contributed by atoms with van der Waals surface area (Å²) in [6, 6.07) is 0. The van der Waals surface area contributed by atoms with Gasteiger partial charge in [-0.25, -0.2) is 4.79 Å². The predicted molar refractivity (Wildman–Crippen MR) is 58.9 cm³/mol. The molecule has 0 aliphatic carbocycles. The van der Waals surface area contributed by atoms with E-state index < -0.39 is 61.1 Å². The van der Waals surface area contributed by atoms with Crippen LogP contribution in [0.5, 0.6) is 0 Å². The average molecular weight is 372 g/mol. The molecule has 0 saturated carbocycles. The minimum atomic E-state index is -2.77. The topological polar surface area (TPSA) is 175 Å². The molecule has 0 atom stereocenters. The average Bonchev–Trinajstić information content (AvgIpc) is 2.23. The van der Waals surface area contributed by atoms with Crippen molar-refractivity contribution in [2.75, 3.05) is 0 Å². The number of aliphatic carboxylic acids is 4. The van der Waals surface area contributed by atoms with Crippen LogP contribution in [0.15, 0.2) is 0 Å². The third-order valence-electron chi connectivity index (χ3n) is 2.12. The van der Waals surface area contributed by atoms with Crippen LogP contribution >= 0.6 is 0 Å². The molecule has 0 aliphatic heterocycles. The molecule has 0 unspecified atom stereocenters. The summed E-state index contributed by atoms with van der Waals surface area (Å²) in [5.74, 6) is -7.96. The fourth-order valence-corrected chi connectivity index (χ4v) is 1.30. The van der Waals surface area contributed by atoms with Crippen molar-refractivity contribution in [1.82, 2.24) is 0 Å². The van der Waals surface area contributed by atoms with Crippen LogP contribution in [0.25, 0.3) is 0 Å². The quantitative estimate of drug-likeness (QED) is 0.233. The number of carbonyl (C=O) groups excluding carboxylic acids is 1. The van der Waals surface area contributed by atoms with Crippen molar-refractivity contribution in [3.05, 3.63) is 0 Å². The van der Waals surface area contributed by atoms with Gasteiger partial charge in [-0.2, -0.15) is 0 Å². The molecular weight excluding hydrogens is 359 g/mol. The molecule has 0 radical (unpaired) electrons. The first-order valence-corrected chi connectivity index (χ1v) is 5.19. The van der Waals surface area contributed by atoms with E-state index in [2.05, 4.69) is 4.74 Å². The number of hydrogen-bond donors (Lipinski definition) is 4. The van der Waals surface area contributed by atoms with Crippen LogP contribution < -0.4 is 29.6 Å². The normalized spacial score (nSPS) is 9.64. The number of rotatable bonds is 9. The molecule has 4 N–H and O–H groups in total. The first-order valence-electron chi connectivity index (χ1n) is 5.19. The molecule has 0 fully saturated rings. The van der Waals surface area contributed by atoms with E-state index in [-0.39, 0.29) is 48.1 Å². The molecule has 0 aromatic heterocycles. The third kappa shape index (κ3) is 9.74. The number of ether oxygens (including phenoxy) is 1. The molecule has 0 amide bonds. The number of carboxylic acid groups (broad SMARTS) is 4. The van der Waals surface area contributed by atoms with Crippen LogP contribution in [0.4, 0.5) is 0 Å². The Labute approximate surface area is 158 Å². The molecule has 22 heavy (non-hydrogen) atoms. The zero-order chi connectivity index (χ0) is 15.9. The third-order valence-corrected chi connectivity index (χ3v) is 2.12. The maximum atomic E-state index is 11.3. The number of carboxylic acids is 4. The van der Waals surface area contributed by atoms with E-state index in [4.69, 9.17) is 20.4 Å². The van der Waals surface area contributed by atoms with Crippen molar-refractivity contribution in [2.45, 2.75) is 31.3 Å². The minimum Gasteiger partial charge on any atom is -1.00 e. The summed E-state index contributed by atoms with van der Waals surface area (Å²) < 4.78 is 4.41. The van der Waals surface area contributed by atoms with Gasteiger partial charge in [0.25, 0.3) is 0 Å². The van der Waals surface area contributed by atoms with E-state index in [1.165, 1.54) is 0 Å². The molecule has 0 bridgehead atoms. The Kier molecular flexibility index (Phi) is 13.4. The molecule has 0 aromatic rings. The van der Waals surface area contributed by atoms with Crippen LogP contribution in [-0.2, 0) is 45.8 Å². The maximum Gasteiger partial charge on any atom is 1.00 e. The van der Waals surface area contributed by atoms with E-state index in [0.717, 1.165) is 0 Å². The van der Waals surface area contributed by atoms with E-state index in [0.29, 0.717) is 0 Å². The molecule has 10 nitrogen and oxygen atoms in total. The zero-order valence-electron chi connectivity index (χ0n) is 12.4. The Balaban J connectivity index is -0.000000602. The van der Waals surface area contributed by atoms with Gasteiger partial charge in [-0.05, 0) is 0 Å². The summed E-state index contributed by atoms with van der Waals surface area (Å²) in [6.45, 7) is 0. The number of esters is 1. The van der Waals surface area contributed by atoms with E-state index in [1.807, 2.05) is 0 Å². The molecule has 0 rings (SSSR count). The fraction of sp³-hybridized carbons (Fsp3) is 0.500. The van der Waals surface area contributed by atoms with Crippen molar-refractivity contribution in [3.8, 4) is 0 Å². The second kappa shape index (κ2) is 11.4. The molecule has 0 heterocycles. The van der Waals surface area contributed by atoms with Gasteiger partial charge in [0.2, 0.25) is 5.60 Å². The fourth-order valence-electron chi connectivity index (χ4n) is 1.30. The summed E-state index contributed by atoms with van der Waals surface area (Å²) in [5.41, 5.74) is -2.77. The standard InChI is InChI=1S/C10H12O10.Fe.Na.H/c11-5(12)1-2-8(17)20-10(9(18)19,3-6(13)14)4-7(15)16;;;/h1-4H2,(H,11,12)(H,13,14)(H,15,16)(H,18,19);;;/q;;+1;-1. The molecule has 122 valence electrons. The molecule has 12 heteroatoms.